The van der Waals surface area contributed by atoms with Crippen LogP contribution in [0.3, 0.4) is 0 Å². The first-order valence-corrected chi connectivity index (χ1v) is 27.3. The normalized spacial score (nSPS) is 19.0. The van der Waals surface area contributed by atoms with Gasteiger partial charge in [-0.3, -0.25) is 29.0 Å². The van der Waals surface area contributed by atoms with Crippen LogP contribution in [0.15, 0.2) is 138 Å². The van der Waals surface area contributed by atoms with Crippen LogP contribution in [-0.2, 0) is 30.0 Å². The van der Waals surface area contributed by atoms with Crippen molar-refractivity contribution in [2.24, 2.45) is 22.2 Å². The minimum absolute atomic E-state index is 0.00282. The lowest BCUT2D eigenvalue weighted by Crippen LogP contribution is -2.28. The maximum absolute atomic E-state index is 14.1. The molecule has 1 fully saturated rings. The highest BCUT2D eigenvalue weighted by atomic mass is 32.2. The van der Waals surface area contributed by atoms with Gasteiger partial charge in [-0.05, 0) is 119 Å². The van der Waals surface area contributed by atoms with Gasteiger partial charge in [0.05, 0.1) is 6.10 Å². The van der Waals surface area contributed by atoms with Crippen molar-refractivity contribution in [3.63, 3.8) is 0 Å². The Labute approximate surface area is 442 Å². The van der Waals surface area contributed by atoms with Crippen LogP contribution in [-0.4, -0.2) is 43.6 Å². The number of hydrogen-bond acceptors (Lipinski definition) is 9. The second kappa shape index (κ2) is 21.7. The summed E-state index contributed by atoms with van der Waals surface area (Å²) in [5.41, 5.74) is 5.99. The average molecular weight is 1020 g/mol. The van der Waals surface area contributed by atoms with Crippen LogP contribution in [0.25, 0.3) is 0 Å². The monoisotopic (exact) mass is 1020 g/mol. The lowest BCUT2D eigenvalue weighted by molar-refractivity contribution is -0.120. The Balaban J connectivity index is 0.997. The SMILES string of the molecule is CC(C)(C)C1=CC(SC(=O)CCC(=O)N(c2ccccc2)c2ccc(Nc3ccc(N(C(=O)CCC(=O)Sc4cc(C(C)(C)C)c(O)c(C(C)(C)C)c4)c4ccccc4)cc3)cc2)CCC2(C(C)(C)C)[C@H](O)[C@H]12. The predicted molar refractivity (Wildman–Crippen MR) is 303 cm³/mol. The molecule has 9 nitrogen and oxygen atoms in total. The molecule has 0 heterocycles. The molecule has 0 aromatic heterocycles. The minimum atomic E-state index is -0.375. The first-order chi connectivity index (χ1) is 34.2. The van der Waals surface area contributed by atoms with E-state index in [9.17, 15) is 29.4 Å². The zero-order valence-electron chi connectivity index (χ0n) is 44.8. The van der Waals surface area contributed by atoms with Gasteiger partial charge in [-0.25, -0.2) is 0 Å². The number of nitrogens with one attached hydrogen (secondary N) is 1. The number of anilines is 6. The molecule has 0 aliphatic heterocycles. The number of hydrogen-bond donors (Lipinski definition) is 3. The highest BCUT2D eigenvalue weighted by molar-refractivity contribution is 8.14. The third-order valence-corrected chi connectivity index (χ3v) is 16.5. The van der Waals surface area contributed by atoms with E-state index in [0.29, 0.717) is 22.7 Å². The van der Waals surface area contributed by atoms with E-state index in [0.717, 1.165) is 52.0 Å². The van der Waals surface area contributed by atoms with Crippen LogP contribution in [0.1, 0.15) is 133 Å². The van der Waals surface area contributed by atoms with Crippen LogP contribution < -0.4 is 15.1 Å². The highest BCUT2D eigenvalue weighted by Gasteiger charge is 2.71. The van der Waals surface area contributed by atoms with Crippen LogP contribution >= 0.6 is 23.5 Å². The number of carbonyl (C=O) groups excluding carboxylic acids is 4. The number of nitrogens with zero attached hydrogens (tertiary/aromatic N) is 2. The fraction of sp³-hybridized carbons (Fsp3) is 0.419. The molecule has 3 N–H and O–H groups in total. The first kappa shape index (κ1) is 55.1. The second-order valence-electron chi connectivity index (χ2n) is 23.8. The average Bonchev–Trinajstić information content (AvgIpc) is 3.98. The number of phenols is 1. The van der Waals surface area contributed by atoms with Crippen molar-refractivity contribution in [1.82, 2.24) is 0 Å². The summed E-state index contributed by atoms with van der Waals surface area (Å²) < 4.78 is 0. The van der Waals surface area contributed by atoms with Gasteiger partial charge in [0.2, 0.25) is 11.8 Å². The van der Waals surface area contributed by atoms with Gasteiger partial charge in [-0.15, -0.1) is 0 Å². The number of aromatic hydroxyl groups is 1. The van der Waals surface area contributed by atoms with Crippen molar-refractivity contribution in [3.05, 3.63) is 144 Å². The third kappa shape index (κ3) is 12.7. The Bertz CT molecular complexity index is 2780. The van der Waals surface area contributed by atoms with E-state index in [1.54, 1.807) is 9.80 Å². The molecule has 2 unspecified atom stereocenters. The Kier molecular flexibility index (Phi) is 16.4. The summed E-state index contributed by atoms with van der Waals surface area (Å²) >= 11 is 2.43. The molecule has 2 amide bonds. The van der Waals surface area contributed by atoms with Crippen LogP contribution in [0.5, 0.6) is 5.75 Å². The number of amides is 2. The summed E-state index contributed by atoms with van der Waals surface area (Å²) in [6.45, 7) is 25.4. The summed E-state index contributed by atoms with van der Waals surface area (Å²) in [6, 6.07) is 37.8. The third-order valence-electron chi connectivity index (χ3n) is 14.5. The fourth-order valence-electron chi connectivity index (χ4n) is 10.5. The Morgan fingerprint density at radius 2 is 1.01 bits per heavy atom. The van der Waals surface area contributed by atoms with Crippen molar-refractivity contribution in [2.75, 3.05) is 15.1 Å². The van der Waals surface area contributed by atoms with Crippen LogP contribution in [0, 0.1) is 22.2 Å². The molecule has 11 heteroatoms. The summed E-state index contributed by atoms with van der Waals surface area (Å²) in [5.74, 6) is -0.0453. The molecule has 7 rings (SSSR count). The van der Waals surface area contributed by atoms with Gasteiger partial charge in [0.25, 0.3) is 0 Å². The molecular weight excluding hydrogens is 947 g/mol. The van der Waals surface area contributed by atoms with Crippen molar-refractivity contribution in [1.29, 1.82) is 0 Å². The zero-order valence-corrected chi connectivity index (χ0v) is 46.5. The lowest BCUT2D eigenvalue weighted by atomic mass is 9.71. The molecule has 5 aromatic rings. The molecule has 4 atom stereocenters. The Morgan fingerprint density at radius 1 is 0.589 bits per heavy atom. The molecule has 1 saturated carbocycles. The number of para-hydroxylation sites is 2. The van der Waals surface area contributed by atoms with Gasteiger partial charge in [0, 0.05) is 92.4 Å². The summed E-state index contributed by atoms with van der Waals surface area (Å²) in [4.78, 5) is 59.4. The molecule has 0 radical (unpaired) electrons. The quantitative estimate of drug-likeness (QED) is 0.0736. The number of carbonyl (C=O) groups is 4. The standard InChI is InChI=1S/C62H75N3O6S2/c1-58(2,3)48-37-46(35-36-62(61(10,11)12)55(48)57(62)71)72-53(68)33-31-51(66)64(42-19-15-13-16-20-42)44-27-23-40(24-28-44)63-41-25-29-45(30-26-41)65(43-21-17-14-18-22-43)52(67)32-34-54(69)73-47-38-49(59(4,5)6)56(70)50(39-47)60(7,8)9/h13-30,37-39,46,55,57,63,70-71H,31-36H2,1-12H3/t46?,55-,57+,62?/m0/s1. The molecule has 73 heavy (non-hydrogen) atoms. The number of phenolic OH excluding ortho intramolecular Hbond substituents is 1. The summed E-state index contributed by atoms with van der Waals surface area (Å²) in [5, 5.41) is 25.8. The largest absolute Gasteiger partial charge is 0.507 e. The number of aliphatic hydroxyl groups excluding tert-OH is 1. The van der Waals surface area contributed by atoms with Crippen molar-refractivity contribution in [2.45, 2.75) is 149 Å². The van der Waals surface area contributed by atoms with Gasteiger partial charge in [-0.2, -0.15) is 0 Å². The molecule has 0 bridgehead atoms. The van der Waals surface area contributed by atoms with E-state index >= 15 is 0 Å². The van der Waals surface area contributed by atoms with Gasteiger partial charge < -0.3 is 15.5 Å². The van der Waals surface area contributed by atoms with Crippen LogP contribution in [0.2, 0.25) is 0 Å². The number of benzene rings is 5. The van der Waals surface area contributed by atoms with E-state index in [2.05, 4.69) is 52.9 Å². The molecule has 0 spiro atoms. The molecule has 386 valence electrons. The second-order valence-corrected chi connectivity index (χ2v) is 26.3. The molecule has 0 saturated heterocycles. The Morgan fingerprint density at radius 3 is 1.42 bits per heavy atom. The summed E-state index contributed by atoms with van der Waals surface area (Å²) in [6.07, 6.45) is 3.72. The van der Waals surface area contributed by atoms with Gasteiger partial charge in [0.1, 0.15) is 5.75 Å². The molecule has 5 aromatic carbocycles. The number of rotatable bonds is 14. The van der Waals surface area contributed by atoms with E-state index in [-0.39, 0.29) is 97.8 Å². The minimum Gasteiger partial charge on any atom is -0.507 e. The lowest BCUT2D eigenvalue weighted by Gasteiger charge is -2.33. The fourth-order valence-corrected chi connectivity index (χ4v) is 12.3. The number of aliphatic hydroxyl groups is 1. The maximum atomic E-state index is 14.1. The Hall–Kier alpha value is -5.62. The van der Waals surface area contributed by atoms with Crippen molar-refractivity contribution in [3.8, 4) is 5.75 Å². The zero-order chi connectivity index (χ0) is 53.3. The smallest absolute Gasteiger partial charge is 0.232 e. The van der Waals surface area contributed by atoms with Crippen molar-refractivity contribution < 1.29 is 29.4 Å². The van der Waals surface area contributed by atoms with E-state index in [4.69, 9.17) is 0 Å². The first-order valence-electron chi connectivity index (χ1n) is 25.6. The van der Waals surface area contributed by atoms with E-state index in [1.165, 1.54) is 17.3 Å². The number of fused-ring (bicyclic) bond motifs is 1. The maximum Gasteiger partial charge on any atom is 0.232 e. The van der Waals surface area contributed by atoms with Gasteiger partial charge in [-0.1, -0.05) is 155 Å². The predicted octanol–water partition coefficient (Wildman–Crippen LogP) is 15.4. The van der Waals surface area contributed by atoms with Crippen LogP contribution in [0.4, 0.5) is 34.1 Å². The van der Waals surface area contributed by atoms with Gasteiger partial charge >= 0.3 is 0 Å². The molecule has 2 aliphatic rings. The van der Waals surface area contributed by atoms with E-state index < -0.39 is 0 Å². The van der Waals surface area contributed by atoms with Gasteiger partial charge in [0.15, 0.2) is 10.2 Å². The van der Waals surface area contributed by atoms with Crippen molar-refractivity contribution >= 4 is 79.7 Å². The molecule has 2 aliphatic carbocycles. The number of thioether (sulfide) groups is 2. The van der Waals surface area contributed by atoms with E-state index in [1.807, 2.05) is 163 Å². The molecular formula is C62H75N3O6S2. The topological polar surface area (TPSA) is 127 Å². The highest BCUT2D eigenvalue weighted by Crippen LogP contribution is 2.71. The summed E-state index contributed by atoms with van der Waals surface area (Å²) in [7, 11) is 0.